The molecule has 1 aromatic rings. The van der Waals surface area contributed by atoms with Gasteiger partial charge in [0.1, 0.15) is 0 Å². The van der Waals surface area contributed by atoms with Gasteiger partial charge in [-0.15, -0.1) is 0 Å². The molecule has 1 N–H and O–H groups in total. The van der Waals surface area contributed by atoms with E-state index in [-0.39, 0.29) is 0 Å². The lowest BCUT2D eigenvalue weighted by molar-refractivity contribution is -0.133. The molecule has 0 aromatic carbocycles. The molecule has 1 aromatic heterocycles. The van der Waals surface area contributed by atoms with Crippen molar-refractivity contribution in [3.63, 3.8) is 0 Å². The van der Waals surface area contributed by atoms with Gasteiger partial charge in [-0.05, 0) is 49.8 Å². The van der Waals surface area contributed by atoms with E-state index in [2.05, 4.69) is 22.1 Å². The van der Waals surface area contributed by atoms with Gasteiger partial charge in [0.25, 0.3) is 0 Å². The standard InChI is InChI=1S/C16H23N3O/c1-12-4-7-17-10-14(12)11-18-15-5-8-19(9-6-15)16(20)13-2-3-13/h4,7,10,13,15,18H,2-3,5-6,8-9,11H2,1H3. The van der Waals surface area contributed by atoms with E-state index < -0.39 is 0 Å². The van der Waals surface area contributed by atoms with E-state index in [9.17, 15) is 4.79 Å². The number of hydrogen-bond donors (Lipinski definition) is 1. The van der Waals surface area contributed by atoms with Crippen LogP contribution in [-0.4, -0.2) is 34.9 Å². The van der Waals surface area contributed by atoms with Gasteiger partial charge in [0.05, 0.1) is 0 Å². The van der Waals surface area contributed by atoms with Crippen LogP contribution in [0.3, 0.4) is 0 Å². The van der Waals surface area contributed by atoms with Gasteiger partial charge >= 0.3 is 0 Å². The number of carbonyl (C=O) groups is 1. The van der Waals surface area contributed by atoms with E-state index in [4.69, 9.17) is 0 Å². The Balaban J connectivity index is 1.44. The summed E-state index contributed by atoms with van der Waals surface area (Å²) in [6, 6.07) is 2.58. The molecule has 1 aliphatic heterocycles. The smallest absolute Gasteiger partial charge is 0.225 e. The molecule has 2 heterocycles. The second-order valence-electron chi connectivity index (χ2n) is 6.06. The molecule has 0 bridgehead atoms. The van der Waals surface area contributed by atoms with Crippen molar-refractivity contribution in [2.24, 2.45) is 5.92 Å². The van der Waals surface area contributed by atoms with Crippen molar-refractivity contribution in [3.8, 4) is 0 Å². The summed E-state index contributed by atoms with van der Waals surface area (Å²) in [6.07, 6.45) is 8.12. The maximum Gasteiger partial charge on any atom is 0.225 e. The van der Waals surface area contributed by atoms with Crippen LogP contribution in [0.5, 0.6) is 0 Å². The minimum Gasteiger partial charge on any atom is -0.342 e. The number of piperidine rings is 1. The van der Waals surface area contributed by atoms with Gasteiger partial charge in [0, 0.05) is 44.0 Å². The number of carbonyl (C=O) groups excluding carboxylic acids is 1. The first-order valence-corrected chi connectivity index (χ1v) is 7.65. The molecule has 4 nitrogen and oxygen atoms in total. The fraction of sp³-hybridized carbons (Fsp3) is 0.625. The van der Waals surface area contributed by atoms with E-state index in [1.807, 2.05) is 18.5 Å². The number of aromatic nitrogens is 1. The number of nitrogens with one attached hydrogen (secondary N) is 1. The summed E-state index contributed by atoms with van der Waals surface area (Å²) in [5, 5.41) is 3.61. The second-order valence-corrected chi connectivity index (χ2v) is 6.06. The van der Waals surface area contributed by atoms with Crippen LogP contribution in [-0.2, 0) is 11.3 Å². The maximum absolute atomic E-state index is 12.0. The first-order chi connectivity index (χ1) is 9.74. The fourth-order valence-corrected chi connectivity index (χ4v) is 2.83. The lowest BCUT2D eigenvalue weighted by atomic mass is 10.0. The molecule has 0 spiro atoms. The van der Waals surface area contributed by atoms with Gasteiger partial charge in [-0.1, -0.05) is 0 Å². The summed E-state index contributed by atoms with van der Waals surface area (Å²) in [7, 11) is 0. The summed E-state index contributed by atoms with van der Waals surface area (Å²) >= 11 is 0. The molecule has 1 saturated carbocycles. The summed E-state index contributed by atoms with van der Waals surface area (Å²) in [4.78, 5) is 18.2. The number of aryl methyl sites for hydroxylation is 1. The SMILES string of the molecule is Cc1ccncc1CNC1CCN(C(=O)C2CC2)CC1. The molecule has 1 aliphatic carbocycles. The molecule has 0 radical (unpaired) electrons. The van der Waals surface area contributed by atoms with Gasteiger partial charge < -0.3 is 10.2 Å². The average Bonchev–Trinajstić information content (AvgIpc) is 3.31. The largest absolute Gasteiger partial charge is 0.342 e. The lowest BCUT2D eigenvalue weighted by Crippen LogP contribution is -2.45. The Morgan fingerprint density at radius 1 is 1.35 bits per heavy atom. The van der Waals surface area contributed by atoms with Crippen molar-refractivity contribution in [2.75, 3.05) is 13.1 Å². The van der Waals surface area contributed by atoms with E-state index in [0.29, 0.717) is 17.9 Å². The second kappa shape index (κ2) is 5.92. The zero-order valence-corrected chi connectivity index (χ0v) is 12.1. The Morgan fingerprint density at radius 3 is 2.75 bits per heavy atom. The van der Waals surface area contributed by atoms with Crippen molar-refractivity contribution in [1.29, 1.82) is 0 Å². The van der Waals surface area contributed by atoms with Crippen LogP contribution in [0.15, 0.2) is 18.5 Å². The maximum atomic E-state index is 12.0. The highest BCUT2D eigenvalue weighted by Gasteiger charge is 2.34. The Morgan fingerprint density at radius 2 is 2.10 bits per heavy atom. The van der Waals surface area contributed by atoms with Gasteiger partial charge in [-0.2, -0.15) is 0 Å². The van der Waals surface area contributed by atoms with Crippen molar-refractivity contribution in [3.05, 3.63) is 29.6 Å². The summed E-state index contributed by atoms with van der Waals surface area (Å²) in [5.74, 6) is 0.754. The van der Waals surface area contributed by atoms with Crippen LogP contribution < -0.4 is 5.32 Å². The average molecular weight is 273 g/mol. The highest BCUT2D eigenvalue weighted by molar-refractivity contribution is 5.81. The number of likely N-dealkylation sites (tertiary alicyclic amines) is 1. The van der Waals surface area contributed by atoms with E-state index in [1.165, 1.54) is 11.1 Å². The van der Waals surface area contributed by atoms with Crippen LogP contribution >= 0.6 is 0 Å². The third kappa shape index (κ3) is 3.18. The van der Waals surface area contributed by atoms with E-state index in [0.717, 1.165) is 45.3 Å². The third-order valence-corrected chi connectivity index (χ3v) is 4.46. The van der Waals surface area contributed by atoms with Crippen LogP contribution in [0, 0.1) is 12.8 Å². The topological polar surface area (TPSA) is 45.2 Å². The van der Waals surface area contributed by atoms with Gasteiger partial charge in [0.15, 0.2) is 0 Å². The Hall–Kier alpha value is -1.42. The molecule has 4 heteroatoms. The van der Waals surface area contributed by atoms with E-state index >= 15 is 0 Å². The molecule has 0 atom stereocenters. The molecular formula is C16H23N3O. The number of nitrogens with zero attached hydrogens (tertiary/aromatic N) is 2. The predicted octanol–water partition coefficient (Wildman–Crippen LogP) is 1.88. The summed E-state index contributed by atoms with van der Waals surface area (Å²) in [6.45, 7) is 4.83. The van der Waals surface area contributed by atoms with Gasteiger partial charge in [-0.3, -0.25) is 9.78 Å². The van der Waals surface area contributed by atoms with Gasteiger partial charge in [0.2, 0.25) is 5.91 Å². The zero-order valence-electron chi connectivity index (χ0n) is 12.1. The number of rotatable bonds is 4. The third-order valence-electron chi connectivity index (χ3n) is 4.46. The molecular weight excluding hydrogens is 250 g/mol. The van der Waals surface area contributed by atoms with Crippen LogP contribution in [0.4, 0.5) is 0 Å². The molecule has 20 heavy (non-hydrogen) atoms. The number of pyridine rings is 1. The zero-order chi connectivity index (χ0) is 13.9. The molecule has 2 fully saturated rings. The minimum atomic E-state index is 0.359. The van der Waals surface area contributed by atoms with Crippen molar-refractivity contribution in [1.82, 2.24) is 15.2 Å². The van der Waals surface area contributed by atoms with Crippen molar-refractivity contribution >= 4 is 5.91 Å². The summed E-state index contributed by atoms with van der Waals surface area (Å²) < 4.78 is 0. The van der Waals surface area contributed by atoms with Gasteiger partial charge in [-0.25, -0.2) is 0 Å². The Labute approximate surface area is 120 Å². The van der Waals surface area contributed by atoms with Crippen LogP contribution in [0.2, 0.25) is 0 Å². The summed E-state index contributed by atoms with van der Waals surface area (Å²) in [5.41, 5.74) is 2.55. The predicted molar refractivity (Wildman–Crippen MR) is 78.1 cm³/mol. The molecule has 1 amide bonds. The number of hydrogen-bond acceptors (Lipinski definition) is 3. The lowest BCUT2D eigenvalue weighted by Gasteiger charge is -2.32. The minimum absolute atomic E-state index is 0.359. The Bertz CT molecular complexity index is 476. The van der Waals surface area contributed by atoms with Crippen molar-refractivity contribution in [2.45, 2.75) is 45.2 Å². The molecule has 108 valence electrons. The van der Waals surface area contributed by atoms with Crippen LogP contribution in [0.25, 0.3) is 0 Å². The first-order valence-electron chi connectivity index (χ1n) is 7.65. The van der Waals surface area contributed by atoms with E-state index in [1.54, 1.807) is 0 Å². The fourth-order valence-electron chi connectivity index (χ4n) is 2.83. The number of amides is 1. The Kier molecular flexibility index (Phi) is 4.01. The highest BCUT2D eigenvalue weighted by Crippen LogP contribution is 2.31. The quantitative estimate of drug-likeness (QED) is 0.911. The molecule has 1 saturated heterocycles. The monoisotopic (exact) mass is 273 g/mol. The van der Waals surface area contributed by atoms with Crippen LogP contribution in [0.1, 0.15) is 36.8 Å². The normalized spacial score (nSPS) is 20.1. The molecule has 2 aliphatic rings. The first kappa shape index (κ1) is 13.6. The van der Waals surface area contributed by atoms with Crippen molar-refractivity contribution < 1.29 is 4.79 Å². The highest BCUT2D eigenvalue weighted by atomic mass is 16.2. The molecule has 0 unspecified atom stereocenters. The molecule has 3 rings (SSSR count).